The van der Waals surface area contributed by atoms with Gasteiger partial charge in [-0.05, 0) is 46.9 Å². The molecule has 0 aliphatic rings. The molecule has 0 saturated carbocycles. The Kier molecular flexibility index (Phi) is 5.42. The van der Waals surface area contributed by atoms with E-state index in [1.807, 2.05) is 11.3 Å². The number of hydrogen-bond acceptors (Lipinski definition) is 2. The van der Waals surface area contributed by atoms with Crippen LogP contribution in [0.25, 0.3) is 0 Å². The van der Waals surface area contributed by atoms with Crippen LogP contribution < -0.4 is 5.32 Å². The van der Waals surface area contributed by atoms with Crippen LogP contribution in [0.1, 0.15) is 17.4 Å². The van der Waals surface area contributed by atoms with E-state index in [-0.39, 0.29) is 0 Å². The predicted octanol–water partition coefficient (Wildman–Crippen LogP) is 4.27. The maximum atomic E-state index is 3.58. The average Bonchev–Trinajstić information content (AvgIpc) is 2.76. The lowest BCUT2D eigenvalue weighted by Crippen LogP contribution is -2.32. The van der Waals surface area contributed by atoms with Crippen LogP contribution in [0.3, 0.4) is 0 Å². The molecule has 1 unspecified atom stereocenters. The molecule has 0 bridgehead atoms. The number of hydrogen-bond donors (Lipinski definition) is 1. The molecule has 1 nitrogen and oxygen atoms in total. The minimum atomic E-state index is 0.517. The van der Waals surface area contributed by atoms with Crippen LogP contribution in [0.5, 0.6) is 0 Å². The number of likely N-dealkylation sites (N-methyl/N-ethyl adjacent to an activating group) is 1. The second-order valence-electron chi connectivity index (χ2n) is 4.38. The van der Waals surface area contributed by atoms with E-state index in [0.717, 1.165) is 19.4 Å². The monoisotopic (exact) mass is 323 g/mol. The second-order valence-corrected chi connectivity index (χ2v) is 6.29. The number of thiophene rings is 1. The van der Waals surface area contributed by atoms with Gasteiger partial charge in [0, 0.05) is 20.8 Å². The molecule has 2 rings (SSSR count). The molecule has 0 radical (unpaired) electrons. The van der Waals surface area contributed by atoms with Crippen molar-refractivity contribution >= 4 is 27.3 Å². The third kappa shape index (κ3) is 4.23. The summed E-state index contributed by atoms with van der Waals surface area (Å²) in [5.41, 5.74) is 1.40. The Morgan fingerprint density at radius 2 is 2.00 bits per heavy atom. The molecule has 0 fully saturated rings. The molecule has 1 N–H and O–H groups in total. The zero-order valence-corrected chi connectivity index (χ0v) is 12.9. The first-order valence-electron chi connectivity index (χ1n) is 6.28. The van der Waals surface area contributed by atoms with Gasteiger partial charge >= 0.3 is 0 Å². The smallest absolute Gasteiger partial charge is 0.0285 e. The summed E-state index contributed by atoms with van der Waals surface area (Å²) in [7, 11) is 0. The average molecular weight is 324 g/mol. The molecule has 18 heavy (non-hydrogen) atoms. The fourth-order valence-electron chi connectivity index (χ4n) is 2.11. The molecule has 0 aliphatic heterocycles. The molecule has 0 saturated heterocycles. The first-order chi connectivity index (χ1) is 8.78. The molecule has 0 spiro atoms. The highest BCUT2D eigenvalue weighted by Gasteiger charge is 2.10. The van der Waals surface area contributed by atoms with Crippen LogP contribution in [-0.4, -0.2) is 12.6 Å². The Morgan fingerprint density at radius 3 is 2.61 bits per heavy atom. The minimum Gasteiger partial charge on any atom is -0.314 e. The van der Waals surface area contributed by atoms with Crippen LogP contribution in [0.15, 0.2) is 46.3 Å². The third-order valence-electron chi connectivity index (χ3n) is 2.89. The van der Waals surface area contributed by atoms with Crippen LogP contribution in [0, 0.1) is 0 Å². The molecule has 2 aromatic rings. The van der Waals surface area contributed by atoms with Gasteiger partial charge in [-0.15, -0.1) is 11.3 Å². The van der Waals surface area contributed by atoms with Crippen molar-refractivity contribution in [2.75, 3.05) is 6.54 Å². The highest BCUT2D eigenvalue weighted by Crippen LogP contribution is 2.21. The summed E-state index contributed by atoms with van der Waals surface area (Å²) in [6, 6.07) is 13.4. The van der Waals surface area contributed by atoms with Crippen LogP contribution in [0.2, 0.25) is 0 Å². The van der Waals surface area contributed by atoms with E-state index in [1.54, 1.807) is 0 Å². The van der Waals surface area contributed by atoms with E-state index in [9.17, 15) is 0 Å². The van der Waals surface area contributed by atoms with Crippen molar-refractivity contribution in [1.29, 1.82) is 0 Å². The van der Waals surface area contributed by atoms with Gasteiger partial charge in [0.2, 0.25) is 0 Å². The second kappa shape index (κ2) is 7.07. The molecule has 1 atom stereocenters. The molecule has 1 aromatic carbocycles. The van der Waals surface area contributed by atoms with Gasteiger partial charge in [-0.1, -0.05) is 37.3 Å². The highest BCUT2D eigenvalue weighted by atomic mass is 79.9. The lowest BCUT2D eigenvalue weighted by molar-refractivity contribution is 0.524. The van der Waals surface area contributed by atoms with Gasteiger partial charge in [0.05, 0.1) is 0 Å². The number of rotatable bonds is 6. The summed E-state index contributed by atoms with van der Waals surface area (Å²) < 4.78 is 1.19. The largest absolute Gasteiger partial charge is 0.314 e. The highest BCUT2D eigenvalue weighted by molar-refractivity contribution is 9.10. The minimum absolute atomic E-state index is 0.517. The zero-order valence-electron chi connectivity index (χ0n) is 10.5. The summed E-state index contributed by atoms with van der Waals surface area (Å²) in [6.45, 7) is 3.19. The first-order valence-corrected chi connectivity index (χ1v) is 7.95. The SMILES string of the molecule is CCNC(Cc1ccccc1)Cc1cc(Br)cs1. The van der Waals surface area contributed by atoms with Crippen molar-refractivity contribution in [3.63, 3.8) is 0 Å². The number of halogens is 1. The summed E-state index contributed by atoms with van der Waals surface area (Å²) in [5, 5.41) is 5.73. The predicted molar refractivity (Wildman–Crippen MR) is 83.3 cm³/mol. The fourth-order valence-corrected chi connectivity index (χ4v) is 3.64. The molecule has 0 aliphatic carbocycles. The normalized spacial score (nSPS) is 12.6. The summed E-state index contributed by atoms with van der Waals surface area (Å²) >= 11 is 5.35. The first kappa shape index (κ1) is 13.8. The number of benzene rings is 1. The van der Waals surface area contributed by atoms with Crippen LogP contribution in [-0.2, 0) is 12.8 Å². The third-order valence-corrected chi connectivity index (χ3v) is 4.61. The molecular formula is C15H18BrNS. The lowest BCUT2D eigenvalue weighted by atomic mass is 10.0. The van der Waals surface area contributed by atoms with E-state index in [0.29, 0.717) is 6.04 Å². The molecule has 3 heteroatoms. The maximum absolute atomic E-state index is 3.58. The zero-order chi connectivity index (χ0) is 12.8. The van der Waals surface area contributed by atoms with Crippen molar-refractivity contribution in [2.45, 2.75) is 25.8 Å². The van der Waals surface area contributed by atoms with Gasteiger partial charge in [-0.2, -0.15) is 0 Å². The van der Waals surface area contributed by atoms with E-state index >= 15 is 0 Å². The molecular weight excluding hydrogens is 306 g/mol. The van der Waals surface area contributed by atoms with Gasteiger partial charge in [0.1, 0.15) is 0 Å². The van der Waals surface area contributed by atoms with Crippen molar-refractivity contribution in [2.24, 2.45) is 0 Å². The quantitative estimate of drug-likeness (QED) is 0.836. The Morgan fingerprint density at radius 1 is 1.22 bits per heavy atom. The maximum Gasteiger partial charge on any atom is 0.0285 e. The Bertz CT molecular complexity index is 466. The molecule has 1 heterocycles. The van der Waals surface area contributed by atoms with Crippen molar-refractivity contribution < 1.29 is 0 Å². The van der Waals surface area contributed by atoms with Gasteiger partial charge < -0.3 is 5.32 Å². The Balaban J connectivity index is 1.99. The van der Waals surface area contributed by atoms with E-state index in [1.165, 1.54) is 14.9 Å². The van der Waals surface area contributed by atoms with Crippen molar-refractivity contribution in [1.82, 2.24) is 5.32 Å². The summed E-state index contributed by atoms with van der Waals surface area (Å²) in [4.78, 5) is 1.43. The van der Waals surface area contributed by atoms with Gasteiger partial charge in [0.15, 0.2) is 0 Å². The molecule has 0 amide bonds. The molecule has 1 aromatic heterocycles. The van der Waals surface area contributed by atoms with E-state index in [4.69, 9.17) is 0 Å². The van der Waals surface area contributed by atoms with Crippen LogP contribution >= 0.6 is 27.3 Å². The summed E-state index contributed by atoms with van der Waals surface area (Å²) in [6.07, 6.45) is 2.18. The fraction of sp³-hybridized carbons (Fsp3) is 0.333. The standard InChI is InChI=1S/C15H18BrNS/c1-2-17-14(8-12-6-4-3-5-7-12)10-15-9-13(16)11-18-15/h3-7,9,11,14,17H,2,8,10H2,1H3. The van der Waals surface area contributed by atoms with Gasteiger partial charge in [-0.3, -0.25) is 0 Å². The van der Waals surface area contributed by atoms with Crippen molar-refractivity contribution in [3.8, 4) is 0 Å². The lowest BCUT2D eigenvalue weighted by Gasteiger charge is -2.17. The van der Waals surface area contributed by atoms with Crippen molar-refractivity contribution in [3.05, 3.63) is 56.7 Å². The summed E-state index contributed by atoms with van der Waals surface area (Å²) in [5.74, 6) is 0. The number of nitrogens with one attached hydrogen (secondary N) is 1. The van der Waals surface area contributed by atoms with E-state index < -0.39 is 0 Å². The van der Waals surface area contributed by atoms with E-state index in [2.05, 4.69) is 69.9 Å². The van der Waals surface area contributed by atoms with Gasteiger partial charge in [0.25, 0.3) is 0 Å². The van der Waals surface area contributed by atoms with Crippen LogP contribution in [0.4, 0.5) is 0 Å². The Hall–Kier alpha value is -0.640. The Labute approximate surface area is 121 Å². The molecule has 96 valence electrons. The topological polar surface area (TPSA) is 12.0 Å². The van der Waals surface area contributed by atoms with Gasteiger partial charge in [-0.25, -0.2) is 0 Å².